The van der Waals surface area contributed by atoms with Crippen molar-refractivity contribution in [3.8, 4) is 0 Å². The number of ether oxygens (including phenoxy) is 1. The first kappa shape index (κ1) is 24.4. The molecule has 0 aliphatic carbocycles. The number of unbranched alkanes of at least 4 members (excludes halogenated alkanes) is 8. The molecule has 0 aliphatic rings. The van der Waals surface area contributed by atoms with Crippen LogP contribution in [0, 0.1) is 5.92 Å². The van der Waals surface area contributed by atoms with Gasteiger partial charge in [-0.05, 0) is 38.1 Å². The van der Waals surface area contributed by atoms with Crippen molar-refractivity contribution in [1.82, 2.24) is 0 Å². The van der Waals surface area contributed by atoms with Gasteiger partial charge in [-0.25, -0.2) is 0 Å². The van der Waals surface area contributed by atoms with Gasteiger partial charge in [0.15, 0.2) is 0 Å². The third-order valence-electron chi connectivity index (χ3n) is 5.04. The number of carbonyl (C=O) groups is 1. The Bertz CT molecular complexity index is 271. The highest BCUT2D eigenvalue weighted by atomic mass is 16.5. The molecule has 0 aromatic rings. The minimum absolute atomic E-state index is 0.00709. The van der Waals surface area contributed by atoms with Gasteiger partial charge in [0.2, 0.25) is 0 Å². The minimum atomic E-state index is -0.00709. The van der Waals surface area contributed by atoms with E-state index < -0.39 is 0 Å². The van der Waals surface area contributed by atoms with Crippen LogP contribution in [0.5, 0.6) is 0 Å². The number of carbonyl (C=O) groups excluding carboxylic acids is 1. The van der Waals surface area contributed by atoms with Gasteiger partial charge in [-0.3, -0.25) is 4.79 Å². The molecule has 0 atom stereocenters. The average molecular weight is 356 g/mol. The molecular weight excluding hydrogens is 310 g/mol. The van der Waals surface area contributed by atoms with Crippen LogP contribution >= 0.6 is 0 Å². The summed E-state index contributed by atoms with van der Waals surface area (Å²) in [5, 5.41) is 0. The molecule has 0 radical (unpaired) electrons. The highest BCUT2D eigenvalue weighted by molar-refractivity contribution is 5.69. The Kier molecular flexibility index (Phi) is 19.3. The first-order valence-corrected chi connectivity index (χ1v) is 11.1. The van der Waals surface area contributed by atoms with Crippen LogP contribution in [-0.4, -0.2) is 19.1 Å². The predicted octanol–water partition coefficient (Wildman–Crippen LogP) is 6.39. The minimum Gasteiger partial charge on any atom is -0.466 e. The van der Waals surface area contributed by atoms with E-state index in [9.17, 15) is 4.79 Å². The van der Waals surface area contributed by atoms with Crippen LogP contribution in [0.2, 0.25) is 0 Å². The zero-order chi connectivity index (χ0) is 18.6. The molecule has 0 saturated heterocycles. The van der Waals surface area contributed by atoms with E-state index in [0.717, 1.165) is 38.1 Å². The molecular formula is C22H45NO2. The molecule has 3 nitrogen and oxygen atoms in total. The monoisotopic (exact) mass is 355 g/mol. The van der Waals surface area contributed by atoms with Crippen LogP contribution in [0.3, 0.4) is 0 Å². The summed E-state index contributed by atoms with van der Waals surface area (Å²) in [6.07, 6.45) is 19.1. The average Bonchev–Trinajstić information content (AvgIpc) is 2.61. The van der Waals surface area contributed by atoms with Gasteiger partial charge in [0.25, 0.3) is 0 Å². The lowest BCUT2D eigenvalue weighted by Crippen LogP contribution is -2.08. The summed E-state index contributed by atoms with van der Waals surface area (Å²) in [7, 11) is 0. The summed E-state index contributed by atoms with van der Waals surface area (Å²) in [4.78, 5) is 11.8. The van der Waals surface area contributed by atoms with Gasteiger partial charge in [0.05, 0.1) is 6.61 Å². The third kappa shape index (κ3) is 18.0. The largest absolute Gasteiger partial charge is 0.466 e. The molecule has 0 aromatic heterocycles. The van der Waals surface area contributed by atoms with E-state index in [4.69, 9.17) is 10.5 Å². The number of esters is 1. The van der Waals surface area contributed by atoms with Gasteiger partial charge < -0.3 is 10.5 Å². The van der Waals surface area contributed by atoms with Crippen molar-refractivity contribution in [1.29, 1.82) is 0 Å². The van der Waals surface area contributed by atoms with Crippen LogP contribution < -0.4 is 5.73 Å². The molecule has 150 valence electrons. The van der Waals surface area contributed by atoms with E-state index in [1.165, 1.54) is 70.6 Å². The van der Waals surface area contributed by atoms with Gasteiger partial charge in [-0.15, -0.1) is 0 Å². The molecule has 2 N–H and O–H groups in total. The number of hydrogen-bond acceptors (Lipinski definition) is 3. The van der Waals surface area contributed by atoms with Crippen molar-refractivity contribution < 1.29 is 9.53 Å². The topological polar surface area (TPSA) is 52.3 Å². The van der Waals surface area contributed by atoms with Gasteiger partial charge in [-0.1, -0.05) is 84.5 Å². The van der Waals surface area contributed by atoms with E-state index >= 15 is 0 Å². The quantitative estimate of drug-likeness (QED) is 0.216. The van der Waals surface area contributed by atoms with E-state index in [1.54, 1.807) is 0 Å². The maximum atomic E-state index is 11.8. The summed E-state index contributed by atoms with van der Waals surface area (Å²) < 4.78 is 5.41. The fraction of sp³-hybridized carbons (Fsp3) is 0.955. The molecule has 0 spiro atoms. The second-order valence-corrected chi connectivity index (χ2v) is 7.53. The van der Waals surface area contributed by atoms with Crippen molar-refractivity contribution in [2.24, 2.45) is 11.7 Å². The Balaban J connectivity index is 3.67. The number of hydrogen-bond donors (Lipinski definition) is 1. The Morgan fingerprint density at radius 3 is 1.92 bits per heavy atom. The van der Waals surface area contributed by atoms with Gasteiger partial charge in [-0.2, -0.15) is 0 Å². The van der Waals surface area contributed by atoms with Crippen LogP contribution in [0.1, 0.15) is 117 Å². The van der Waals surface area contributed by atoms with E-state index in [1.807, 2.05) is 0 Å². The summed E-state index contributed by atoms with van der Waals surface area (Å²) in [6.45, 7) is 5.93. The van der Waals surface area contributed by atoms with Gasteiger partial charge in [0, 0.05) is 6.42 Å². The van der Waals surface area contributed by atoms with Crippen LogP contribution in [0.15, 0.2) is 0 Å². The van der Waals surface area contributed by atoms with Crippen molar-refractivity contribution in [2.75, 3.05) is 13.2 Å². The molecule has 0 saturated carbocycles. The van der Waals surface area contributed by atoms with Gasteiger partial charge in [0.1, 0.15) is 0 Å². The number of nitrogens with two attached hydrogens (primary N) is 1. The standard InChI is InChI=1S/C22H45NO2/c1-3-5-10-15-21(16-11-6-4-2)17-14-20-25-22(24)18-12-8-7-9-13-19-23/h21H,3-20,23H2,1-2H3. The van der Waals surface area contributed by atoms with E-state index in [0.29, 0.717) is 13.0 Å². The molecule has 0 rings (SSSR count). The van der Waals surface area contributed by atoms with Gasteiger partial charge >= 0.3 is 5.97 Å². The summed E-state index contributed by atoms with van der Waals surface area (Å²) >= 11 is 0. The SMILES string of the molecule is CCCCCC(CCCCC)CCCOC(=O)CCCCCCCN. The lowest BCUT2D eigenvalue weighted by molar-refractivity contribution is -0.144. The molecule has 3 heteroatoms. The molecule has 0 aromatic carbocycles. The second kappa shape index (κ2) is 19.8. The fourth-order valence-electron chi connectivity index (χ4n) is 3.37. The van der Waals surface area contributed by atoms with Crippen LogP contribution in [-0.2, 0) is 9.53 Å². The molecule has 0 heterocycles. The molecule has 0 bridgehead atoms. The molecule has 0 fully saturated rings. The maximum Gasteiger partial charge on any atom is 0.305 e. The molecule has 0 aliphatic heterocycles. The molecule has 0 amide bonds. The first-order valence-electron chi connectivity index (χ1n) is 11.1. The zero-order valence-corrected chi connectivity index (χ0v) is 17.2. The lowest BCUT2D eigenvalue weighted by atomic mass is 9.91. The Morgan fingerprint density at radius 1 is 0.760 bits per heavy atom. The highest BCUT2D eigenvalue weighted by Crippen LogP contribution is 2.22. The molecule has 0 unspecified atom stereocenters. The summed E-state index contributed by atoms with van der Waals surface area (Å²) in [5.41, 5.74) is 5.47. The lowest BCUT2D eigenvalue weighted by Gasteiger charge is -2.16. The predicted molar refractivity (Wildman–Crippen MR) is 109 cm³/mol. The highest BCUT2D eigenvalue weighted by Gasteiger charge is 2.09. The summed E-state index contributed by atoms with van der Waals surface area (Å²) in [5.74, 6) is 0.826. The first-order chi connectivity index (χ1) is 12.2. The fourth-order valence-corrected chi connectivity index (χ4v) is 3.37. The molecule has 25 heavy (non-hydrogen) atoms. The zero-order valence-electron chi connectivity index (χ0n) is 17.2. The second-order valence-electron chi connectivity index (χ2n) is 7.53. The van der Waals surface area contributed by atoms with Crippen molar-refractivity contribution in [3.05, 3.63) is 0 Å². The Morgan fingerprint density at radius 2 is 1.32 bits per heavy atom. The van der Waals surface area contributed by atoms with Crippen molar-refractivity contribution >= 4 is 5.97 Å². The van der Waals surface area contributed by atoms with Crippen molar-refractivity contribution in [3.63, 3.8) is 0 Å². The number of rotatable bonds is 19. The summed E-state index contributed by atoms with van der Waals surface area (Å²) in [6, 6.07) is 0. The Hall–Kier alpha value is -0.570. The van der Waals surface area contributed by atoms with Crippen LogP contribution in [0.25, 0.3) is 0 Å². The Labute approximate surface area is 157 Å². The van der Waals surface area contributed by atoms with E-state index in [-0.39, 0.29) is 5.97 Å². The smallest absolute Gasteiger partial charge is 0.305 e. The van der Waals surface area contributed by atoms with Crippen molar-refractivity contribution in [2.45, 2.75) is 117 Å². The van der Waals surface area contributed by atoms with E-state index in [2.05, 4.69) is 13.8 Å². The maximum absolute atomic E-state index is 11.8. The third-order valence-corrected chi connectivity index (χ3v) is 5.04. The normalized spacial score (nSPS) is 11.2. The van der Waals surface area contributed by atoms with Crippen LogP contribution in [0.4, 0.5) is 0 Å².